The van der Waals surface area contributed by atoms with E-state index in [-0.39, 0.29) is 0 Å². The van der Waals surface area contributed by atoms with Crippen LogP contribution in [0.5, 0.6) is 0 Å². The van der Waals surface area contributed by atoms with Crippen LogP contribution in [-0.2, 0) is 4.79 Å². The lowest BCUT2D eigenvalue weighted by Crippen LogP contribution is -2.37. The zero-order chi connectivity index (χ0) is 9.78. The van der Waals surface area contributed by atoms with E-state index < -0.39 is 14.0 Å². The molecule has 12 heavy (non-hydrogen) atoms. The van der Waals surface area contributed by atoms with E-state index in [0.29, 0.717) is 5.20 Å². The average Bonchev–Trinajstić information content (AvgIpc) is 2.08. The molecule has 0 saturated heterocycles. The van der Waals surface area contributed by atoms with Crippen molar-refractivity contribution in [1.82, 2.24) is 0 Å². The number of aliphatic carboxylic acids is 1. The Bertz CT molecular complexity index is 175. The molecule has 0 aromatic carbocycles. The van der Waals surface area contributed by atoms with E-state index in [0.717, 1.165) is 18.1 Å². The van der Waals surface area contributed by atoms with Gasteiger partial charge in [-0.25, -0.2) is 4.79 Å². The molecule has 0 bridgehead atoms. The number of hydrogen-bond acceptors (Lipinski definition) is 1. The lowest BCUT2D eigenvalue weighted by atomic mass is 10.6. The van der Waals surface area contributed by atoms with Crippen LogP contribution in [-0.4, -0.2) is 19.1 Å². The van der Waals surface area contributed by atoms with Gasteiger partial charge in [-0.3, -0.25) is 0 Å². The third-order valence-corrected chi connectivity index (χ3v) is 8.48. The van der Waals surface area contributed by atoms with Crippen molar-refractivity contribution in [3.8, 4) is 0 Å². The average molecular weight is 186 g/mol. The Morgan fingerprint density at radius 1 is 1.25 bits per heavy atom. The normalized spacial score (nSPS) is 11.2. The van der Waals surface area contributed by atoms with E-state index in [1.807, 2.05) is 0 Å². The molecule has 0 fully saturated rings. The van der Waals surface area contributed by atoms with Crippen molar-refractivity contribution >= 4 is 14.0 Å². The maximum atomic E-state index is 10.8. The Kier molecular flexibility index (Phi) is 4.24. The van der Waals surface area contributed by atoms with Gasteiger partial charge in [0.1, 0.15) is 0 Å². The Labute approximate surface area is 75.3 Å². The number of rotatable bonds is 5. The van der Waals surface area contributed by atoms with E-state index >= 15 is 0 Å². The third kappa shape index (κ3) is 1.97. The van der Waals surface area contributed by atoms with Gasteiger partial charge in [0.25, 0.3) is 0 Å². The summed E-state index contributed by atoms with van der Waals surface area (Å²) < 4.78 is 0. The van der Waals surface area contributed by atoms with E-state index in [1.165, 1.54) is 0 Å². The molecule has 0 amide bonds. The fourth-order valence-electron chi connectivity index (χ4n) is 1.62. The Hall–Kier alpha value is -0.573. The highest BCUT2D eigenvalue weighted by Gasteiger charge is 2.33. The van der Waals surface area contributed by atoms with Gasteiger partial charge in [-0.1, -0.05) is 45.5 Å². The summed E-state index contributed by atoms with van der Waals surface area (Å²) in [7, 11) is -1.68. The van der Waals surface area contributed by atoms with Crippen molar-refractivity contribution in [1.29, 1.82) is 0 Å². The second-order valence-corrected chi connectivity index (χ2v) is 8.41. The maximum Gasteiger partial charge on any atom is 0.326 e. The van der Waals surface area contributed by atoms with E-state index in [2.05, 4.69) is 27.4 Å². The number of hydrogen-bond donors (Lipinski definition) is 1. The summed E-state index contributed by atoms with van der Waals surface area (Å²) >= 11 is 0. The first-order valence-electron chi connectivity index (χ1n) is 4.46. The molecular formula is C9H18O2Si. The molecule has 1 N–H and O–H groups in total. The molecule has 0 aliphatic rings. The summed E-state index contributed by atoms with van der Waals surface area (Å²) in [5, 5.41) is 9.34. The van der Waals surface area contributed by atoms with Crippen molar-refractivity contribution in [2.75, 3.05) is 0 Å². The lowest BCUT2D eigenvalue weighted by Gasteiger charge is -2.27. The van der Waals surface area contributed by atoms with Crippen LogP contribution < -0.4 is 0 Å². The number of carboxylic acid groups (broad SMARTS) is 1. The highest BCUT2D eigenvalue weighted by atomic mass is 28.3. The minimum absolute atomic E-state index is 0.495. The van der Waals surface area contributed by atoms with Gasteiger partial charge in [-0.05, 0) is 0 Å². The highest BCUT2D eigenvalue weighted by molar-refractivity contribution is 6.89. The fraction of sp³-hybridized carbons (Fsp3) is 0.667. The van der Waals surface area contributed by atoms with Gasteiger partial charge in [-0.15, -0.1) is 0 Å². The van der Waals surface area contributed by atoms with Crippen LogP contribution in [0.2, 0.25) is 18.1 Å². The molecule has 0 aromatic heterocycles. The first-order chi connectivity index (χ1) is 5.54. The van der Waals surface area contributed by atoms with Gasteiger partial charge in [-0.2, -0.15) is 0 Å². The van der Waals surface area contributed by atoms with Gasteiger partial charge in [0.05, 0.1) is 8.07 Å². The van der Waals surface area contributed by atoms with Gasteiger partial charge < -0.3 is 5.11 Å². The second kappa shape index (κ2) is 4.45. The smallest absolute Gasteiger partial charge is 0.326 e. The molecule has 2 nitrogen and oxygen atoms in total. The van der Waals surface area contributed by atoms with E-state index in [4.69, 9.17) is 5.11 Å². The Morgan fingerprint density at radius 3 is 1.67 bits per heavy atom. The molecule has 0 aliphatic heterocycles. The summed E-state index contributed by atoms with van der Waals surface area (Å²) in [5.41, 5.74) is 0. The van der Waals surface area contributed by atoms with Crippen LogP contribution in [0.15, 0.2) is 11.8 Å². The summed E-state index contributed by atoms with van der Waals surface area (Å²) in [4.78, 5) is 10.8. The molecule has 0 spiro atoms. The minimum atomic E-state index is -1.68. The fourth-order valence-corrected chi connectivity index (χ4v) is 4.85. The van der Waals surface area contributed by atoms with E-state index in [9.17, 15) is 4.79 Å². The molecule has 0 unspecified atom stereocenters. The van der Waals surface area contributed by atoms with Gasteiger partial charge in [0, 0.05) is 5.20 Å². The first kappa shape index (κ1) is 11.4. The molecule has 0 radical (unpaired) electrons. The molecule has 0 saturated carbocycles. The Morgan fingerprint density at radius 2 is 1.58 bits per heavy atom. The quantitative estimate of drug-likeness (QED) is 0.529. The summed E-state index contributed by atoms with van der Waals surface area (Å²) in [6.07, 6.45) is 0. The zero-order valence-corrected chi connectivity index (χ0v) is 9.18. The molecule has 0 heterocycles. The van der Waals surface area contributed by atoms with Crippen LogP contribution in [0, 0.1) is 0 Å². The highest BCUT2D eigenvalue weighted by Crippen LogP contribution is 2.27. The van der Waals surface area contributed by atoms with Gasteiger partial charge >= 0.3 is 5.97 Å². The predicted molar refractivity (Wildman–Crippen MR) is 54.0 cm³/mol. The second-order valence-electron chi connectivity index (χ2n) is 3.12. The molecule has 0 atom stereocenters. The molecule has 0 rings (SSSR count). The summed E-state index contributed by atoms with van der Waals surface area (Å²) in [6, 6.07) is 2.97. The predicted octanol–water partition coefficient (Wildman–Crippen LogP) is 2.67. The Balaban J connectivity index is 4.71. The van der Waals surface area contributed by atoms with Crippen LogP contribution in [0.1, 0.15) is 20.8 Å². The first-order valence-corrected chi connectivity index (χ1v) is 7.08. The standard InChI is InChI=1S/C9H18O2Si/c1-5-12(6-2,7-3)8(4)9(10)11/h4-7H2,1-3H3,(H,10,11). The van der Waals surface area contributed by atoms with Crippen LogP contribution >= 0.6 is 0 Å². The van der Waals surface area contributed by atoms with Crippen LogP contribution in [0.25, 0.3) is 0 Å². The number of carboxylic acids is 1. The molecule has 0 aromatic rings. The maximum absolute atomic E-state index is 10.8. The van der Waals surface area contributed by atoms with Gasteiger partial charge in [0.15, 0.2) is 0 Å². The molecule has 3 heteroatoms. The molecular weight excluding hydrogens is 168 g/mol. The largest absolute Gasteiger partial charge is 0.478 e. The summed E-state index contributed by atoms with van der Waals surface area (Å²) in [5.74, 6) is -0.799. The van der Waals surface area contributed by atoms with Crippen LogP contribution in [0.4, 0.5) is 0 Å². The zero-order valence-electron chi connectivity index (χ0n) is 8.18. The van der Waals surface area contributed by atoms with Crippen molar-refractivity contribution < 1.29 is 9.90 Å². The number of carbonyl (C=O) groups is 1. The summed E-state index contributed by atoms with van der Waals surface area (Å²) in [6.45, 7) is 9.93. The third-order valence-electron chi connectivity index (χ3n) is 2.93. The monoisotopic (exact) mass is 186 g/mol. The van der Waals surface area contributed by atoms with Crippen molar-refractivity contribution in [3.63, 3.8) is 0 Å². The van der Waals surface area contributed by atoms with E-state index in [1.54, 1.807) is 0 Å². The molecule has 0 aliphatic carbocycles. The van der Waals surface area contributed by atoms with Crippen molar-refractivity contribution in [2.24, 2.45) is 0 Å². The van der Waals surface area contributed by atoms with Crippen molar-refractivity contribution in [2.45, 2.75) is 38.9 Å². The van der Waals surface area contributed by atoms with Gasteiger partial charge in [0.2, 0.25) is 0 Å². The van der Waals surface area contributed by atoms with Crippen molar-refractivity contribution in [3.05, 3.63) is 11.8 Å². The lowest BCUT2D eigenvalue weighted by molar-refractivity contribution is -0.132. The minimum Gasteiger partial charge on any atom is -0.478 e. The SMILES string of the molecule is C=C(C(=O)O)[Si](CC)(CC)CC. The van der Waals surface area contributed by atoms with Crippen LogP contribution in [0.3, 0.4) is 0 Å². The topological polar surface area (TPSA) is 37.3 Å². The molecule has 70 valence electrons.